The van der Waals surface area contributed by atoms with Gasteiger partial charge < -0.3 is 16.8 Å². The molecule has 3 aromatic carbocycles. The Labute approximate surface area is 286 Å². The van der Waals surface area contributed by atoms with Gasteiger partial charge in [-0.3, -0.25) is 4.98 Å². The lowest BCUT2D eigenvalue weighted by Crippen LogP contribution is -3.06. The molecule has 6 nitrogen and oxygen atoms in total. The summed E-state index contributed by atoms with van der Waals surface area (Å²) in [7, 11) is 0. The van der Waals surface area contributed by atoms with Crippen LogP contribution in [0.5, 0.6) is 0 Å². The molecule has 1 fully saturated rings. The lowest BCUT2D eigenvalue weighted by molar-refractivity contribution is -0.735. The molecule has 4 atom stereocenters. The fourth-order valence-electron chi connectivity index (χ4n) is 5.86. The van der Waals surface area contributed by atoms with E-state index in [1.165, 1.54) is 22.3 Å². The Morgan fingerprint density at radius 3 is 1.92 bits per heavy atom. The first-order valence-electron chi connectivity index (χ1n) is 17.2. The molecule has 2 heterocycles. The molecule has 0 aliphatic carbocycles. The van der Waals surface area contributed by atoms with Crippen molar-refractivity contribution < 1.29 is 5.32 Å². The van der Waals surface area contributed by atoms with Crippen molar-refractivity contribution in [2.45, 2.75) is 71.5 Å². The number of nitrogens with zero attached hydrogens (tertiary/aromatic N) is 1. The molecule has 0 saturated carbocycles. The van der Waals surface area contributed by atoms with Gasteiger partial charge in [-0.2, -0.15) is 0 Å². The highest BCUT2D eigenvalue weighted by molar-refractivity contribution is 5.72. The van der Waals surface area contributed by atoms with Crippen molar-refractivity contribution in [3.8, 4) is 11.1 Å². The topological polar surface area (TPSA) is 106 Å². The Kier molecular flexibility index (Phi) is 11.9. The van der Waals surface area contributed by atoms with Crippen molar-refractivity contribution in [1.82, 2.24) is 15.6 Å². The third-order valence-electron chi connectivity index (χ3n) is 9.25. The van der Waals surface area contributed by atoms with Crippen LogP contribution in [0.4, 0.5) is 0 Å². The van der Waals surface area contributed by atoms with Crippen LogP contribution in [0.2, 0.25) is 0 Å². The first-order valence-corrected chi connectivity index (χ1v) is 17.2. The lowest BCUT2D eigenvalue weighted by atomic mass is 10.0. The molecule has 8 N–H and O–H groups in total. The molecule has 1 saturated heterocycles. The third-order valence-corrected chi connectivity index (χ3v) is 9.25. The number of nitrogens with one attached hydrogen (secondary N) is 2. The van der Waals surface area contributed by atoms with Gasteiger partial charge in [0.05, 0.1) is 17.4 Å². The fourth-order valence-corrected chi connectivity index (χ4v) is 5.86. The van der Waals surface area contributed by atoms with E-state index in [2.05, 4.69) is 141 Å². The zero-order chi connectivity index (χ0) is 34.0. The maximum atomic E-state index is 6.83. The van der Waals surface area contributed by atoms with E-state index in [4.69, 9.17) is 16.5 Å². The second-order valence-corrected chi connectivity index (χ2v) is 12.6. The average molecular weight is 640 g/mol. The minimum atomic E-state index is -0.317. The molecular weight excluding hydrogens is 589 g/mol. The van der Waals surface area contributed by atoms with Gasteiger partial charge >= 0.3 is 0 Å². The molecule has 1 aliphatic rings. The van der Waals surface area contributed by atoms with E-state index in [0.717, 1.165) is 52.8 Å². The smallest absolute Gasteiger partial charge is 0.183 e. The molecule has 0 bridgehead atoms. The monoisotopic (exact) mass is 639 g/mol. The summed E-state index contributed by atoms with van der Waals surface area (Å²) in [5.74, 6) is 0. The number of hydrogen-bond acceptors (Lipinski definition) is 5. The Bertz CT molecular complexity index is 1730. The van der Waals surface area contributed by atoms with E-state index in [1.54, 1.807) is 0 Å². The number of hydrogen-bond donors (Lipinski definition) is 5. The summed E-state index contributed by atoms with van der Waals surface area (Å²) in [5.41, 5.74) is 25.7. The number of nitrogens with two attached hydrogens (primary N) is 3. The van der Waals surface area contributed by atoms with E-state index in [1.807, 2.05) is 24.4 Å². The van der Waals surface area contributed by atoms with E-state index < -0.39 is 0 Å². The summed E-state index contributed by atoms with van der Waals surface area (Å²) in [6.45, 7) is 12.9. The fraction of sp³-hybridized carbons (Fsp3) is 0.262. The van der Waals surface area contributed by atoms with Gasteiger partial charge in [-0.15, -0.1) is 0 Å². The van der Waals surface area contributed by atoms with Gasteiger partial charge in [0.1, 0.15) is 6.17 Å². The second kappa shape index (κ2) is 16.5. The van der Waals surface area contributed by atoms with Gasteiger partial charge in [-0.1, -0.05) is 124 Å². The van der Waals surface area contributed by atoms with Crippen LogP contribution in [-0.2, 0) is 19.3 Å². The van der Waals surface area contributed by atoms with Crippen LogP contribution in [-0.4, -0.2) is 23.4 Å². The zero-order valence-electron chi connectivity index (χ0n) is 28.8. The molecule has 4 unspecified atom stereocenters. The molecule has 48 heavy (non-hydrogen) atoms. The average Bonchev–Trinajstić information content (AvgIpc) is 3.15. The van der Waals surface area contributed by atoms with Gasteiger partial charge in [0.2, 0.25) is 0 Å². The highest BCUT2D eigenvalue weighted by atomic mass is 15.4. The summed E-state index contributed by atoms with van der Waals surface area (Å²) in [5, 5.41) is 9.49. The van der Waals surface area contributed by atoms with E-state index in [9.17, 15) is 0 Å². The number of rotatable bonds is 12. The summed E-state index contributed by atoms with van der Waals surface area (Å²) in [6, 6.07) is 29.8. The molecule has 248 valence electrons. The highest BCUT2D eigenvalue weighted by Gasteiger charge is 2.35. The summed E-state index contributed by atoms with van der Waals surface area (Å²) < 4.78 is 0. The third kappa shape index (κ3) is 8.85. The molecule has 5 rings (SSSR count). The molecule has 6 heteroatoms. The minimum Gasteiger partial charge on any atom is -0.396 e. The number of pyridine rings is 1. The van der Waals surface area contributed by atoms with Crippen LogP contribution >= 0.6 is 0 Å². The van der Waals surface area contributed by atoms with Crippen molar-refractivity contribution in [1.29, 1.82) is 0 Å². The van der Waals surface area contributed by atoms with Gasteiger partial charge in [-0.25, -0.2) is 10.6 Å². The van der Waals surface area contributed by atoms with Gasteiger partial charge in [-0.05, 0) is 82.9 Å². The maximum Gasteiger partial charge on any atom is 0.183 e. The SMILES string of the molecule is C=C(/C=C\C(N)C1NC(c2ccc(-c3ccc(CC)cc3)cn2)NC(/C(N)=C/C=C(\C)c2ccc(CC)cc2)[NH2+]1)c1ccc(CC)cc1. The number of aryl methyl sites for hydroxylation is 3. The molecule has 0 radical (unpaired) electrons. The van der Waals surface area contributed by atoms with Gasteiger partial charge in [0.25, 0.3) is 0 Å². The molecule has 1 aromatic heterocycles. The quantitative estimate of drug-likeness (QED) is 0.116. The molecule has 4 aromatic rings. The van der Waals surface area contributed by atoms with E-state index in [0.29, 0.717) is 5.70 Å². The molecular formula is C42H51N6+. The molecule has 1 aliphatic heterocycles. The molecule has 0 spiro atoms. The van der Waals surface area contributed by atoms with Crippen molar-refractivity contribution >= 4 is 11.1 Å². The van der Waals surface area contributed by atoms with Crippen LogP contribution in [0.25, 0.3) is 22.3 Å². The maximum absolute atomic E-state index is 6.83. The number of aromatic nitrogens is 1. The highest BCUT2D eigenvalue weighted by Crippen LogP contribution is 2.22. The van der Waals surface area contributed by atoms with Crippen molar-refractivity contribution in [3.63, 3.8) is 0 Å². The largest absolute Gasteiger partial charge is 0.396 e. The van der Waals surface area contributed by atoms with E-state index >= 15 is 0 Å². The standard InChI is InChI=1S/C42H50N6/c1-6-30-11-17-33(18-12-30)28(4)9-24-37(43)40-46-41(38(44)25-10-29(5)34-19-13-31(7-2)14-20-34)48-42(47-40)39-26-23-36(27-45-39)35-21-15-32(8-3)16-22-35/h9-27,37,40-42,46-48H,4,6-8,43-44H2,1-3,5H3/p+1/b24-9-,29-10+,38-25-. The van der Waals surface area contributed by atoms with Crippen molar-refractivity contribution in [2.75, 3.05) is 0 Å². The number of benzene rings is 3. The van der Waals surface area contributed by atoms with Crippen LogP contribution in [0, 0.1) is 0 Å². The predicted molar refractivity (Wildman–Crippen MR) is 201 cm³/mol. The van der Waals surface area contributed by atoms with Gasteiger partial charge in [0.15, 0.2) is 12.3 Å². The lowest BCUT2D eigenvalue weighted by Gasteiger charge is -2.37. The van der Waals surface area contributed by atoms with Crippen LogP contribution in [0.15, 0.2) is 128 Å². The molecule has 0 amide bonds. The summed E-state index contributed by atoms with van der Waals surface area (Å²) >= 11 is 0. The minimum absolute atomic E-state index is 0.172. The number of quaternary nitrogens is 1. The Balaban J connectivity index is 1.36. The van der Waals surface area contributed by atoms with E-state index in [-0.39, 0.29) is 24.5 Å². The zero-order valence-corrected chi connectivity index (χ0v) is 28.8. The Morgan fingerprint density at radius 1 is 0.792 bits per heavy atom. The van der Waals surface area contributed by atoms with Crippen molar-refractivity contribution in [2.24, 2.45) is 11.5 Å². The summed E-state index contributed by atoms with van der Waals surface area (Å²) in [6.07, 6.45) is 12.4. The predicted octanol–water partition coefficient (Wildman–Crippen LogP) is 6.39. The van der Waals surface area contributed by atoms with Gasteiger partial charge in [0, 0.05) is 11.8 Å². The van der Waals surface area contributed by atoms with Crippen LogP contribution in [0.1, 0.15) is 67.4 Å². The second-order valence-electron chi connectivity index (χ2n) is 12.6. The Morgan fingerprint density at radius 2 is 1.35 bits per heavy atom. The first-order chi connectivity index (χ1) is 23.3. The number of allylic oxidation sites excluding steroid dienone is 5. The normalized spacial score (nSPS) is 19.4. The summed E-state index contributed by atoms with van der Waals surface area (Å²) in [4.78, 5) is 4.88. The van der Waals surface area contributed by atoms with Crippen molar-refractivity contribution in [3.05, 3.63) is 161 Å². The Hall–Kier alpha value is -4.59. The van der Waals surface area contributed by atoms with Crippen LogP contribution < -0.4 is 27.4 Å². The van der Waals surface area contributed by atoms with Crippen LogP contribution in [0.3, 0.4) is 0 Å². The first kappa shape index (κ1) is 34.7.